The van der Waals surface area contributed by atoms with Gasteiger partial charge in [-0.1, -0.05) is 0 Å². The van der Waals surface area contributed by atoms with E-state index in [2.05, 4.69) is 21.4 Å². The molecule has 1 unspecified atom stereocenters. The summed E-state index contributed by atoms with van der Waals surface area (Å²) in [5.41, 5.74) is 0. The van der Waals surface area contributed by atoms with Crippen molar-refractivity contribution < 1.29 is 9.42 Å². The van der Waals surface area contributed by atoms with Gasteiger partial charge in [0.25, 0.3) is 6.64 Å². The minimum absolute atomic E-state index is 0.167. The lowest BCUT2D eigenvalue weighted by molar-refractivity contribution is 0.370. The van der Waals surface area contributed by atoms with Crippen LogP contribution in [0.3, 0.4) is 0 Å². The van der Waals surface area contributed by atoms with Crippen molar-refractivity contribution in [2.24, 2.45) is 0 Å². The normalized spacial score (nSPS) is 17.9. The van der Waals surface area contributed by atoms with E-state index in [1.807, 2.05) is 13.8 Å². The lowest BCUT2D eigenvalue weighted by Gasteiger charge is -2.16. The van der Waals surface area contributed by atoms with Crippen molar-refractivity contribution in [3.05, 3.63) is 0 Å². The monoisotopic (exact) mass is 169 g/mol. The topological polar surface area (TPSA) is 41.5 Å². The maximum Gasteiger partial charge on any atom is 0.258 e. The molecule has 0 heterocycles. The summed E-state index contributed by atoms with van der Waals surface area (Å²) < 4.78 is 4.62. The Hall–Kier alpha value is 0.530. The predicted molar refractivity (Wildman–Crippen MR) is 41.8 cm³/mol. The summed E-state index contributed by atoms with van der Waals surface area (Å²) in [5.74, 6) is 0. The van der Waals surface area contributed by atoms with Crippen LogP contribution in [0.2, 0.25) is 0 Å². The summed E-state index contributed by atoms with van der Waals surface area (Å²) in [5, 5.41) is 2.73. The number of nitrogens with one attached hydrogen (secondary N) is 1. The zero-order chi connectivity index (χ0) is 7.49. The van der Waals surface area contributed by atoms with Gasteiger partial charge in [0, 0.05) is 13.2 Å². The average Bonchev–Trinajstić information content (AvgIpc) is 1.63. The summed E-state index contributed by atoms with van der Waals surface area (Å²) >= 11 is 4.65. The molecule has 9 heavy (non-hydrogen) atoms. The smallest absolute Gasteiger partial charge is 0.258 e. The van der Waals surface area contributed by atoms with Gasteiger partial charge in [-0.3, -0.25) is 0 Å². The van der Waals surface area contributed by atoms with Crippen LogP contribution in [0.1, 0.15) is 13.8 Å². The fourth-order valence-corrected chi connectivity index (χ4v) is 1.77. The first-order valence-electron chi connectivity index (χ1n) is 2.64. The molecular formula is C4H12NO2PS. The second-order valence-electron chi connectivity index (χ2n) is 1.99. The Balaban J connectivity index is 3.73. The quantitative estimate of drug-likeness (QED) is 0.614. The van der Waals surface area contributed by atoms with Gasteiger partial charge < -0.3 is 9.42 Å². The second kappa shape index (κ2) is 3.64. The van der Waals surface area contributed by atoms with Crippen LogP contribution in [0.5, 0.6) is 0 Å². The molecule has 5 heteroatoms. The molecule has 0 bridgehead atoms. The Morgan fingerprint density at radius 2 is 2.11 bits per heavy atom. The molecule has 0 fully saturated rings. The van der Waals surface area contributed by atoms with Gasteiger partial charge >= 0.3 is 0 Å². The molecule has 0 aromatic carbocycles. The van der Waals surface area contributed by atoms with E-state index in [9.17, 15) is 0 Å². The highest BCUT2D eigenvalue weighted by atomic mass is 32.5. The maximum atomic E-state index is 9.09. The van der Waals surface area contributed by atoms with Crippen molar-refractivity contribution in [3.8, 4) is 0 Å². The summed E-state index contributed by atoms with van der Waals surface area (Å²) in [6, 6.07) is 0.167. The van der Waals surface area contributed by atoms with Crippen LogP contribution in [-0.2, 0) is 16.3 Å². The summed E-state index contributed by atoms with van der Waals surface area (Å²) in [4.78, 5) is 9.09. The van der Waals surface area contributed by atoms with E-state index in [0.717, 1.165) is 0 Å². The van der Waals surface area contributed by atoms with E-state index >= 15 is 0 Å². The third kappa shape index (κ3) is 5.00. The molecule has 0 saturated heterocycles. The van der Waals surface area contributed by atoms with Gasteiger partial charge in [0.15, 0.2) is 0 Å². The molecule has 3 nitrogen and oxygen atoms in total. The van der Waals surface area contributed by atoms with Crippen LogP contribution in [0.4, 0.5) is 0 Å². The Bertz CT molecular complexity index is 128. The SMILES string of the molecule is COP(O)(=S)NC(C)C. The molecular weight excluding hydrogens is 157 g/mol. The second-order valence-corrected chi connectivity index (χ2v) is 5.14. The highest BCUT2D eigenvalue weighted by molar-refractivity contribution is 8.08. The fraction of sp³-hybridized carbons (Fsp3) is 1.00. The first-order valence-corrected chi connectivity index (χ1v) is 5.31. The van der Waals surface area contributed by atoms with Gasteiger partial charge in [-0.05, 0) is 25.7 Å². The molecule has 0 spiro atoms. The minimum Gasteiger partial charge on any atom is -0.334 e. The molecule has 0 aromatic heterocycles. The van der Waals surface area contributed by atoms with E-state index in [1.54, 1.807) is 0 Å². The molecule has 0 aliphatic heterocycles. The summed E-state index contributed by atoms with van der Waals surface area (Å²) in [6.07, 6.45) is 0. The van der Waals surface area contributed by atoms with Crippen LogP contribution in [0, 0.1) is 0 Å². The van der Waals surface area contributed by atoms with Crippen molar-refractivity contribution in [2.45, 2.75) is 19.9 Å². The van der Waals surface area contributed by atoms with Crippen LogP contribution >= 0.6 is 6.64 Å². The number of hydrogen-bond donors (Lipinski definition) is 2. The van der Waals surface area contributed by atoms with Crippen LogP contribution in [0.15, 0.2) is 0 Å². The first-order chi connectivity index (χ1) is 3.98. The molecule has 0 aliphatic rings. The predicted octanol–water partition coefficient (Wildman–Crippen LogP) is 0.848. The van der Waals surface area contributed by atoms with Crippen molar-refractivity contribution in [3.63, 3.8) is 0 Å². The molecule has 0 saturated carbocycles. The van der Waals surface area contributed by atoms with E-state index in [1.165, 1.54) is 7.11 Å². The third-order valence-corrected chi connectivity index (χ3v) is 2.77. The van der Waals surface area contributed by atoms with E-state index in [0.29, 0.717) is 0 Å². The van der Waals surface area contributed by atoms with E-state index < -0.39 is 6.64 Å². The van der Waals surface area contributed by atoms with Crippen molar-refractivity contribution in [2.75, 3.05) is 7.11 Å². The van der Waals surface area contributed by atoms with Crippen molar-refractivity contribution >= 4 is 18.4 Å². The highest BCUT2D eigenvalue weighted by Crippen LogP contribution is 2.35. The molecule has 2 N–H and O–H groups in total. The lowest BCUT2D eigenvalue weighted by Crippen LogP contribution is -2.19. The highest BCUT2D eigenvalue weighted by Gasteiger charge is 2.10. The molecule has 0 radical (unpaired) electrons. The largest absolute Gasteiger partial charge is 0.334 e. The Labute approximate surface area is 60.6 Å². The van der Waals surface area contributed by atoms with E-state index in [-0.39, 0.29) is 6.04 Å². The zero-order valence-electron chi connectivity index (χ0n) is 5.79. The van der Waals surface area contributed by atoms with Gasteiger partial charge in [-0.15, -0.1) is 0 Å². The molecule has 0 aromatic rings. The van der Waals surface area contributed by atoms with Gasteiger partial charge in [-0.25, -0.2) is 5.09 Å². The zero-order valence-corrected chi connectivity index (χ0v) is 7.50. The average molecular weight is 169 g/mol. The Morgan fingerprint density at radius 3 is 2.22 bits per heavy atom. The Morgan fingerprint density at radius 1 is 1.67 bits per heavy atom. The minimum atomic E-state index is -2.65. The molecule has 0 aliphatic carbocycles. The van der Waals surface area contributed by atoms with Crippen molar-refractivity contribution in [1.29, 1.82) is 0 Å². The van der Waals surface area contributed by atoms with Crippen molar-refractivity contribution in [1.82, 2.24) is 5.09 Å². The molecule has 56 valence electrons. The molecule has 1 atom stereocenters. The van der Waals surface area contributed by atoms with E-state index in [4.69, 9.17) is 4.89 Å². The third-order valence-electron chi connectivity index (χ3n) is 0.669. The van der Waals surface area contributed by atoms with Crippen LogP contribution < -0.4 is 5.09 Å². The van der Waals surface area contributed by atoms with Crippen LogP contribution in [-0.4, -0.2) is 18.0 Å². The molecule has 0 amide bonds. The number of rotatable bonds is 3. The van der Waals surface area contributed by atoms with Crippen LogP contribution in [0.25, 0.3) is 0 Å². The van der Waals surface area contributed by atoms with Gasteiger partial charge in [0.2, 0.25) is 0 Å². The summed E-state index contributed by atoms with van der Waals surface area (Å²) in [7, 11) is 1.40. The Kier molecular flexibility index (Phi) is 3.85. The van der Waals surface area contributed by atoms with Gasteiger partial charge in [0.1, 0.15) is 0 Å². The fourth-order valence-electron chi connectivity index (χ4n) is 0.379. The first kappa shape index (κ1) is 9.53. The number of hydrogen-bond acceptors (Lipinski definition) is 2. The molecule has 0 rings (SSSR count). The summed E-state index contributed by atoms with van der Waals surface area (Å²) in [6.45, 7) is 1.15. The van der Waals surface area contributed by atoms with Gasteiger partial charge in [0.05, 0.1) is 0 Å². The standard InChI is InChI=1S/C4H12NO2PS/c1-4(2)5-8(6,9)7-3/h4H,1-3H3,(H2,5,6,9). The lowest BCUT2D eigenvalue weighted by atomic mass is 10.4. The maximum absolute atomic E-state index is 9.09. The van der Waals surface area contributed by atoms with Gasteiger partial charge in [-0.2, -0.15) is 0 Å².